The molecule has 0 saturated heterocycles. The Morgan fingerprint density at radius 3 is 2.53 bits per heavy atom. The summed E-state index contributed by atoms with van der Waals surface area (Å²) in [5.41, 5.74) is 4.44. The molecule has 0 aromatic carbocycles. The third-order valence-electron chi connectivity index (χ3n) is 2.95. The zero-order valence-corrected chi connectivity index (χ0v) is 11.3. The summed E-state index contributed by atoms with van der Waals surface area (Å²) in [5.74, 6) is 0. The van der Waals surface area contributed by atoms with Crippen LogP contribution in [0, 0.1) is 0 Å². The van der Waals surface area contributed by atoms with Crippen LogP contribution in [0.5, 0.6) is 0 Å². The SMILES string of the molecule is CCCCCCc1c(NC)c(=O)[nH]c(=O)n1C(N)=O. The Morgan fingerprint density at radius 2 is 2.00 bits per heavy atom. The number of unbranched alkanes of at least 4 members (excludes halogenated alkanes) is 3. The Kier molecular flexibility index (Phi) is 5.35. The van der Waals surface area contributed by atoms with Crippen LogP contribution < -0.4 is 22.3 Å². The van der Waals surface area contributed by atoms with Crippen LogP contribution in [0.15, 0.2) is 9.59 Å². The van der Waals surface area contributed by atoms with E-state index in [2.05, 4.69) is 17.2 Å². The molecule has 19 heavy (non-hydrogen) atoms. The normalized spacial score (nSPS) is 10.4. The molecule has 0 saturated carbocycles. The molecule has 0 aliphatic rings. The van der Waals surface area contributed by atoms with E-state index in [9.17, 15) is 14.4 Å². The first-order chi connectivity index (χ1) is 9.02. The highest BCUT2D eigenvalue weighted by Gasteiger charge is 2.16. The number of carbonyl (C=O) groups excluding carboxylic acids is 1. The van der Waals surface area contributed by atoms with E-state index in [4.69, 9.17) is 5.73 Å². The summed E-state index contributed by atoms with van der Waals surface area (Å²) >= 11 is 0. The minimum Gasteiger partial charge on any atom is -0.382 e. The van der Waals surface area contributed by atoms with Crippen molar-refractivity contribution in [3.8, 4) is 0 Å². The first-order valence-corrected chi connectivity index (χ1v) is 6.38. The number of nitrogens with one attached hydrogen (secondary N) is 2. The number of primary amides is 1. The van der Waals surface area contributed by atoms with Crippen molar-refractivity contribution in [1.29, 1.82) is 0 Å². The van der Waals surface area contributed by atoms with Gasteiger partial charge < -0.3 is 11.1 Å². The molecule has 1 aromatic rings. The Morgan fingerprint density at radius 1 is 1.32 bits per heavy atom. The molecule has 106 valence electrons. The van der Waals surface area contributed by atoms with E-state index < -0.39 is 17.3 Å². The van der Waals surface area contributed by atoms with Crippen molar-refractivity contribution >= 4 is 11.7 Å². The maximum Gasteiger partial charge on any atom is 0.336 e. The molecule has 7 nitrogen and oxygen atoms in total. The molecule has 4 N–H and O–H groups in total. The Balaban J connectivity index is 3.20. The second kappa shape index (κ2) is 6.77. The van der Waals surface area contributed by atoms with Gasteiger partial charge in [0.1, 0.15) is 5.69 Å². The van der Waals surface area contributed by atoms with Crippen molar-refractivity contribution < 1.29 is 4.79 Å². The second-order valence-electron chi connectivity index (χ2n) is 4.32. The third-order valence-corrected chi connectivity index (χ3v) is 2.95. The summed E-state index contributed by atoms with van der Waals surface area (Å²) in [7, 11) is 1.57. The van der Waals surface area contributed by atoms with E-state index in [1.807, 2.05) is 0 Å². The van der Waals surface area contributed by atoms with Gasteiger partial charge in [-0.05, 0) is 12.8 Å². The number of aromatic amines is 1. The number of H-pyrrole nitrogens is 1. The van der Waals surface area contributed by atoms with Gasteiger partial charge in [0, 0.05) is 7.05 Å². The minimum absolute atomic E-state index is 0.217. The molecule has 0 spiro atoms. The van der Waals surface area contributed by atoms with Crippen LogP contribution in [0.3, 0.4) is 0 Å². The highest BCUT2D eigenvalue weighted by molar-refractivity contribution is 5.76. The zero-order chi connectivity index (χ0) is 14.4. The smallest absolute Gasteiger partial charge is 0.336 e. The molecule has 0 unspecified atom stereocenters. The van der Waals surface area contributed by atoms with E-state index in [1.54, 1.807) is 7.05 Å². The summed E-state index contributed by atoms with van der Waals surface area (Å²) in [4.78, 5) is 36.7. The first-order valence-electron chi connectivity index (χ1n) is 6.38. The first kappa shape index (κ1) is 15.0. The molecule has 0 atom stereocenters. The molecular formula is C12H20N4O3. The fraction of sp³-hybridized carbons (Fsp3) is 0.583. The number of amides is 1. The summed E-state index contributed by atoms with van der Waals surface area (Å²) in [6.07, 6.45) is 4.37. The van der Waals surface area contributed by atoms with Gasteiger partial charge >= 0.3 is 11.7 Å². The van der Waals surface area contributed by atoms with Gasteiger partial charge in [-0.15, -0.1) is 0 Å². The van der Waals surface area contributed by atoms with Gasteiger partial charge in [-0.3, -0.25) is 9.78 Å². The fourth-order valence-corrected chi connectivity index (χ4v) is 2.03. The van der Waals surface area contributed by atoms with Crippen LogP contribution in [0.25, 0.3) is 0 Å². The van der Waals surface area contributed by atoms with Gasteiger partial charge in [-0.25, -0.2) is 14.2 Å². The molecule has 1 heterocycles. The number of nitrogens with zero attached hydrogens (tertiary/aromatic N) is 1. The average Bonchev–Trinajstić information content (AvgIpc) is 2.33. The molecule has 1 aromatic heterocycles. The predicted molar refractivity (Wildman–Crippen MR) is 73.7 cm³/mol. The summed E-state index contributed by atoms with van der Waals surface area (Å²) in [5, 5.41) is 2.72. The molecule has 1 rings (SSSR count). The van der Waals surface area contributed by atoms with E-state index >= 15 is 0 Å². The lowest BCUT2D eigenvalue weighted by Crippen LogP contribution is -2.40. The molecule has 0 aliphatic heterocycles. The second-order valence-corrected chi connectivity index (χ2v) is 4.32. The summed E-state index contributed by atoms with van der Waals surface area (Å²) in [6, 6.07) is -0.886. The van der Waals surface area contributed by atoms with Gasteiger partial charge in [-0.1, -0.05) is 26.2 Å². The van der Waals surface area contributed by atoms with Gasteiger partial charge in [0.2, 0.25) is 0 Å². The predicted octanol–water partition coefficient (Wildman–Crippen LogP) is 0.628. The van der Waals surface area contributed by atoms with Crippen molar-refractivity contribution in [2.24, 2.45) is 5.73 Å². The van der Waals surface area contributed by atoms with Crippen LogP contribution in [-0.2, 0) is 6.42 Å². The van der Waals surface area contributed by atoms with Crippen LogP contribution in [-0.4, -0.2) is 22.6 Å². The summed E-state index contributed by atoms with van der Waals surface area (Å²) < 4.78 is 0.819. The van der Waals surface area contributed by atoms with Gasteiger partial charge in [0.05, 0.1) is 5.69 Å². The maximum absolute atomic E-state index is 11.7. The van der Waals surface area contributed by atoms with Crippen molar-refractivity contribution in [3.63, 3.8) is 0 Å². The van der Waals surface area contributed by atoms with Gasteiger partial charge in [-0.2, -0.15) is 0 Å². The van der Waals surface area contributed by atoms with Crippen molar-refractivity contribution in [2.45, 2.75) is 39.0 Å². The molecule has 0 bridgehead atoms. The standard InChI is InChI=1S/C12H20N4O3/c1-3-4-5-6-7-8-9(14-2)10(17)15-12(19)16(8)11(13)18/h14H,3-7H2,1-2H3,(H2,13,18)(H,15,17,19). The van der Waals surface area contributed by atoms with Crippen molar-refractivity contribution in [2.75, 3.05) is 12.4 Å². The fourth-order valence-electron chi connectivity index (χ4n) is 2.03. The zero-order valence-electron chi connectivity index (χ0n) is 11.3. The van der Waals surface area contributed by atoms with Crippen molar-refractivity contribution in [3.05, 3.63) is 26.5 Å². The average molecular weight is 268 g/mol. The summed E-state index contributed by atoms with van der Waals surface area (Å²) in [6.45, 7) is 2.09. The van der Waals surface area contributed by atoms with Crippen LogP contribution in [0.1, 0.15) is 38.3 Å². The van der Waals surface area contributed by atoms with Gasteiger partial charge in [0.15, 0.2) is 0 Å². The number of hydrogen-bond acceptors (Lipinski definition) is 4. The number of aromatic nitrogens is 2. The largest absolute Gasteiger partial charge is 0.382 e. The quantitative estimate of drug-likeness (QED) is 0.657. The molecular weight excluding hydrogens is 248 g/mol. The van der Waals surface area contributed by atoms with E-state index in [-0.39, 0.29) is 5.69 Å². The molecule has 0 aliphatic carbocycles. The maximum atomic E-state index is 11.7. The van der Waals surface area contributed by atoms with E-state index in [0.717, 1.165) is 30.3 Å². The molecule has 0 fully saturated rings. The Bertz CT molecular complexity index is 559. The Hall–Kier alpha value is -2.05. The Labute approximate surface area is 110 Å². The number of carbonyl (C=O) groups is 1. The van der Waals surface area contributed by atoms with Crippen molar-refractivity contribution in [1.82, 2.24) is 9.55 Å². The lowest BCUT2D eigenvalue weighted by molar-refractivity contribution is 0.248. The topological polar surface area (TPSA) is 110 Å². The lowest BCUT2D eigenvalue weighted by atomic mass is 10.1. The third kappa shape index (κ3) is 3.46. The highest BCUT2D eigenvalue weighted by atomic mass is 16.2. The molecule has 7 heteroatoms. The minimum atomic E-state index is -0.886. The number of nitrogens with two attached hydrogens (primary N) is 1. The van der Waals surface area contributed by atoms with E-state index in [0.29, 0.717) is 12.1 Å². The molecule has 0 radical (unpaired) electrons. The molecule has 1 amide bonds. The number of anilines is 1. The lowest BCUT2D eigenvalue weighted by Gasteiger charge is -2.12. The number of hydrogen-bond donors (Lipinski definition) is 3. The monoisotopic (exact) mass is 268 g/mol. The van der Waals surface area contributed by atoms with Crippen LogP contribution >= 0.6 is 0 Å². The van der Waals surface area contributed by atoms with Crippen LogP contribution in [0.2, 0.25) is 0 Å². The number of rotatable bonds is 6. The highest BCUT2D eigenvalue weighted by Crippen LogP contribution is 2.12. The van der Waals surface area contributed by atoms with E-state index in [1.165, 1.54) is 0 Å². The van der Waals surface area contributed by atoms with Crippen LogP contribution in [0.4, 0.5) is 10.5 Å². The van der Waals surface area contributed by atoms with Gasteiger partial charge in [0.25, 0.3) is 5.56 Å².